The van der Waals surface area contributed by atoms with Crippen molar-refractivity contribution in [3.05, 3.63) is 59.1 Å². The van der Waals surface area contributed by atoms with Crippen LogP contribution in [0.25, 0.3) is 0 Å². The average Bonchev–Trinajstić information content (AvgIpc) is 2.64. The molecule has 7 heteroatoms. The molecule has 0 atom stereocenters. The van der Waals surface area contributed by atoms with Crippen molar-refractivity contribution in [3.63, 3.8) is 0 Å². The highest BCUT2D eigenvalue weighted by Gasteiger charge is 2.06. The lowest BCUT2D eigenvalue weighted by Crippen LogP contribution is -2.28. The first-order chi connectivity index (χ1) is 12.6. The molecule has 2 rings (SSSR count). The molecule has 0 spiro atoms. The molecule has 2 aromatic rings. The van der Waals surface area contributed by atoms with Crippen molar-refractivity contribution in [2.24, 2.45) is 0 Å². The van der Waals surface area contributed by atoms with Crippen LogP contribution in [0.2, 0.25) is 5.02 Å². The maximum atomic E-state index is 11.9. The van der Waals surface area contributed by atoms with Crippen LogP contribution in [0.3, 0.4) is 0 Å². The number of rotatable bonds is 9. The number of carbonyl (C=O) groups excluding carboxylic acids is 2. The molecule has 0 fully saturated rings. The Hall–Kier alpha value is -2.18. The summed E-state index contributed by atoms with van der Waals surface area (Å²) in [6.45, 7) is 0.555. The van der Waals surface area contributed by atoms with E-state index in [1.807, 2.05) is 24.3 Å². The normalized spacial score (nSPS) is 10.2. The summed E-state index contributed by atoms with van der Waals surface area (Å²) in [4.78, 5) is 23.7. The molecule has 0 aliphatic heterocycles. The van der Waals surface area contributed by atoms with Crippen molar-refractivity contribution >= 4 is 40.9 Å². The molecule has 0 saturated carbocycles. The average molecular weight is 393 g/mol. The van der Waals surface area contributed by atoms with Gasteiger partial charge in [-0.1, -0.05) is 23.7 Å². The SMILES string of the molecule is COc1ccc(NC(=O)CSCC(=O)NCCc2ccc(Cl)cc2)cc1. The smallest absolute Gasteiger partial charge is 0.234 e. The Morgan fingerprint density at radius 1 is 1.00 bits per heavy atom. The van der Waals surface area contributed by atoms with Gasteiger partial charge in [0.25, 0.3) is 0 Å². The van der Waals surface area contributed by atoms with Crippen molar-refractivity contribution < 1.29 is 14.3 Å². The second-order valence-corrected chi connectivity index (χ2v) is 6.92. The number of carbonyl (C=O) groups is 2. The fourth-order valence-electron chi connectivity index (χ4n) is 2.16. The number of nitrogens with one attached hydrogen (secondary N) is 2. The van der Waals surface area contributed by atoms with Crippen molar-refractivity contribution in [1.29, 1.82) is 0 Å². The first kappa shape index (κ1) is 20.1. The van der Waals surface area contributed by atoms with Gasteiger partial charge in [0.1, 0.15) is 5.75 Å². The molecule has 0 radical (unpaired) electrons. The van der Waals surface area contributed by atoms with E-state index in [9.17, 15) is 9.59 Å². The summed E-state index contributed by atoms with van der Waals surface area (Å²) in [5.74, 6) is 0.968. The van der Waals surface area contributed by atoms with Crippen molar-refractivity contribution in [1.82, 2.24) is 5.32 Å². The summed E-state index contributed by atoms with van der Waals surface area (Å²) in [5.41, 5.74) is 1.81. The Balaban J connectivity index is 1.59. The minimum Gasteiger partial charge on any atom is -0.497 e. The Bertz CT molecular complexity index is 721. The number of thioether (sulfide) groups is 1. The molecule has 2 N–H and O–H groups in total. The minimum atomic E-state index is -0.144. The van der Waals surface area contributed by atoms with E-state index in [1.54, 1.807) is 31.4 Å². The molecule has 0 aliphatic rings. The van der Waals surface area contributed by atoms with Gasteiger partial charge < -0.3 is 15.4 Å². The third-order valence-corrected chi connectivity index (χ3v) is 4.67. The van der Waals surface area contributed by atoms with E-state index < -0.39 is 0 Å². The van der Waals surface area contributed by atoms with Crippen LogP contribution in [-0.4, -0.2) is 37.0 Å². The number of amides is 2. The summed E-state index contributed by atoms with van der Waals surface area (Å²) in [5, 5.41) is 6.32. The third kappa shape index (κ3) is 7.37. The Kier molecular flexibility index (Phi) is 8.31. The van der Waals surface area contributed by atoms with Crippen molar-refractivity contribution in [2.75, 3.05) is 30.5 Å². The second kappa shape index (κ2) is 10.7. The van der Waals surface area contributed by atoms with Gasteiger partial charge >= 0.3 is 0 Å². The van der Waals surface area contributed by atoms with Gasteiger partial charge in [-0.25, -0.2) is 0 Å². The zero-order valence-electron chi connectivity index (χ0n) is 14.5. The van der Waals surface area contributed by atoms with Gasteiger partial charge in [-0.3, -0.25) is 9.59 Å². The number of hydrogen-bond acceptors (Lipinski definition) is 4. The highest BCUT2D eigenvalue weighted by Crippen LogP contribution is 2.15. The number of hydrogen-bond donors (Lipinski definition) is 2. The number of benzene rings is 2. The Labute approximate surface area is 162 Å². The first-order valence-electron chi connectivity index (χ1n) is 8.09. The van der Waals surface area contributed by atoms with E-state index in [-0.39, 0.29) is 23.3 Å². The summed E-state index contributed by atoms with van der Waals surface area (Å²) in [6.07, 6.45) is 0.742. The van der Waals surface area contributed by atoms with E-state index >= 15 is 0 Å². The van der Waals surface area contributed by atoms with Crippen LogP contribution >= 0.6 is 23.4 Å². The quantitative estimate of drug-likeness (QED) is 0.686. The lowest BCUT2D eigenvalue weighted by Gasteiger charge is -2.07. The molecular weight excluding hydrogens is 372 g/mol. The van der Waals surface area contributed by atoms with E-state index in [0.29, 0.717) is 17.3 Å². The lowest BCUT2D eigenvalue weighted by molar-refractivity contribution is -0.118. The van der Waals surface area contributed by atoms with Crippen LogP contribution in [0.15, 0.2) is 48.5 Å². The third-order valence-electron chi connectivity index (χ3n) is 3.49. The highest BCUT2D eigenvalue weighted by atomic mass is 35.5. The Morgan fingerprint density at radius 3 is 2.31 bits per heavy atom. The van der Waals surface area contributed by atoms with Gasteiger partial charge in [-0.2, -0.15) is 0 Å². The molecule has 0 unspecified atom stereocenters. The lowest BCUT2D eigenvalue weighted by atomic mass is 10.1. The number of anilines is 1. The second-order valence-electron chi connectivity index (χ2n) is 5.50. The molecule has 0 aliphatic carbocycles. The first-order valence-corrected chi connectivity index (χ1v) is 9.63. The largest absolute Gasteiger partial charge is 0.497 e. The van der Waals surface area contributed by atoms with Crippen molar-refractivity contribution in [2.45, 2.75) is 6.42 Å². The number of ether oxygens (including phenoxy) is 1. The van der Waals surface area contributed by atoms with Crippen LogP contribution in [-0.2, 0) is 16.0 Å². The molecule has 2 amide bonds. The zero-order chi connectivity index (χ0) is 18.8. The van der Waals surface area contributed by atoms with Gasteiger partial charge in [0.2, 0.25) is 11.8 Å². The molecule has 0 aromatic heterocycles. The fourth-order valence-corrected chi connectivity index (χ4v) is 2.93. The maximum absolute atomic E-state index is 11.9. The van der Waals surface area contributed by atoms with Gasteiger partial charge in [-0.05, 0) is 48.4 Å². The molecule has 0 saturated heterocycles. The van der Waals surface area contributed by atoms with Gasteiger partial charge in [0.15, 0.2) is 0 Å². The predicted molar refractivity (Wildman–Crippen MR) is 107 cm³/mol. The molecule has 2 aromatic carbocycles. The molecule has 26 heavy (non-hydrogen) atoms. The van der Waals surface area contributed by atoms with Gasteiger partial charge in [0, 0.05) is 17.3 Å². The van der Waals surface area contributed by atoms with E-state index in [2.05, 4.69) is 10.6 Å². The molecule has 138 valence electrons. The summed E-state index contributed by atoms with van der Waals surface area (Å²) in [6, 6.07) is 14.6. The van der Waals surface area contributed by atoms with Crippen LogP contribution in [0, 0.1) is 0 Å². The number of methoxy groups -OCH3 is 1. The minimum absolute atomic E-state index is 0.0822. The molecule has 0 bridgehead atoms. The molecule has 0 heterocycles. The monoisotopic (exact) mass is 392 g/mol. The molecular formula is C19H21ClN2O3S. The van der Waals surface area contributed by atoms with Gasteiger partial charge in [-0.15, -0.1) is 11.8 Å². The van der Waals surface area contributed by atoms with Crippen molar-refractivity contribution in [3.8, 4) is 5.75 Å². The standard InChI is InChI=1S/C19H21ClN2O3S/c1-25-17-8-6-16(7-9-17)22-19(24)13-26-12-18(23)21-11-10-14-2-4-15(20)5-3-14/h2-9H,10-13H2,1H3,(H,21,23)(H,22,24). The van der Waals surface area contributed by atoms with Gasteiger partial charge in [0.05, 0.1) is 18.6 Å². The number of halogens is 1. The zero-order valence-corrected chi connectivity index (χ0v) is 16.0. The predicted octanol–water partition coefficient (Wildman–Crippen LogP) is 3.38. The van der Waals surface area contributed by atoms with E-state index in [1.165, 1.54) is 11.8 Å². The molecule has 5 nitrogen and oxygen atoms in total. The van der Waals surface area contributed by atoms with E-state index in [4.69, 9.17) is 16.3 Å². The highest BCUT2D eigenvalue weighted by molar-refractivity contribution is 8.00. The fraction of sp³-hybridized carbons (Fsp3) is 0.263. The summed E-state index contributed by atoms with van der Waals surface area (Å²) >= 11 is 7.11. The van der Waals surface area contributed by atoms with Crippen LogP contribution in [0.1, 0.15) is 5.56 Å². The van der Waals surface area contributed by atoms with Crippen LogP contribution in [0.5, 0.6) is 5.75 Å². The maximum Gasteiger partial charge on any atom is 0.234 e. The van der Waals surface area contributed by atoms with E-state index in [0.717, 1.165) is 17.7 Å². The Morgan fingerprint density at radius 2 is 1.65 bits per heavy atom. The summed E-state index contributed by atoms with van der Waals surface area (Å²) in [7, 11) is 1.59. The van der Waals surface area contributed by atoms with Crippen LogP contribution in [0.4, 0.5) is 5.69 Å². The summed E-state index contributed by atoms with van der Waals surface area (Å²) < 4.78 is 5.06. The van der Waals surface area contributed by atoms with Crippen LogP contribution < -0.4 is 15.4 Å². The topological polar surface area (TPSA) is 67.4 Å².